The van der Waals surface area contributed by atoms with Gasteiger partial charge in [-0.1, -0.05) is 0 Å². The molecule has 72 valence electrons. The highest BCUT2D eigenvalue weighted by Crippen LogP contribution is 2.27. The standard InChI is InChI=1S/C9H13NO3/c1-10-8(5-11)7-4-6(12)2-3-9(7)13/h2-4,8,10-13H,5H2,1H3. The summed E-state index contributed by atoms with van der Waals surface area (Å²) in [5.41, 5.74) is 0.491. The number of likely N-dealkylation sites (N-methyl/N-ethyl adjacent to an activating group) is 1. The van der Waals surface area contributed by atoms with E-state index in [1.807, 2.05) is 0 Å². The van der Waals surface area contributed by atoms with Gasteiger partial charge in [-0.2, -0.15) is 0 Å². The van der Waals surface area contributed by atoms with Crippen molar-refractivity contribution >= 4 is 0 Å². The van der Waals surface area contributed by atoms with E-state index in [0.29, 0.717) is 5.56 Å². The zero-order valence-corrected chi connectivity index (χ0v) is 7.36. The van der Waals surface area contributed by atoms with E-state index in [9.17, 15) is 5.11 Å². The molecule has 0 bridgehead atoms. The van der Waals surface area contributed by atoms with Crippen molar-refractivity contribution in [2.75, 3.05) is 13.7 Å². The number of nitrogens with one attached hydrogen (secondary N) is 1. The summed E-state index contributed by atoms with van der Waals surface area (Å²) in [6.45, 7) is -0.131. The second-order valence-corrected chi connectivity index (χ2v) is 2.77. The third-order valence-corrected chi connectivity index (χ3v) is 1.92. The molecule has 1 aromatic carbocycles. The Hall–Kier alpha value is -1.26. The summed E-state index contributed by atoms with van der Waals surface area (Å²) in [6.07, 6.45) is 0. The summed E-state index contributed by atoms with van der Waals surface area (Å²) in [4.78, 5) is 0. The molecule has 0 aliphatic rings. The van der Waals surface area contributed by atoms with E-state index in [-0.39, 0.29) is 24.1 Å². The fraction of sp³-hybridized carbons (Fsp3) is 0.333. The highest BCUT2D eigenvalue weighted by molar-refractivity contribution is 5.40. The molecule has 13 heavy (non-hydrogen) atoms. The highest BCUT2D eigenvalue weighted by Gasteiger charge is 2.12. The Morgan fingerprint density at radius 2 is 2.08 bits per heavy atom. The first kappa shape index (κ1) is 9.83. The molecular weight excluding hydrogens is 170 g/mol. The van der Waals surface area contributed by atoms with Crippen molar-refractivity contribution in [3.05, 3.63) is 23.8 Å². The lowest BCUT2D eigenvalue weighted by atomic mass is 10.1. The van der Waals surface area contributed by atoms with E-state index in [2.05, 4.69) is 5.32 Å². The van der Waals surface area contributed by atoms with Crippen LogP contribution in [0.15, 0.2) is 18.2 Å². The van der Waals surface area contributed by atoms with Crippen molar-refractivity contribution < 1.29 is 15.3 Å². The lowest BCUT2D eigenvalue weighted by molar-refractivity contribution is 0.248. The van der Waals surface area contributed by atoms with Crippen molar-refractivity contribution in [1.29, 1.82) is 0 Å². The van der Waals surface area contributed by atoms with Crippen LogP contribution in [-0.4, -0.2) is 29.0 Å². The molecule has 0 aliphatic carbocycles. The largest absolute Gasteiger partial charge is 0.508 e. The third kappa shape index (κ3) is 2.11. The quantitative estimate of drug-likeness (QED) is 0.510. The first-order valence-corrected chi connectivity index (χ1v) is 3.99. The lowest BCUT2D eigenvalue weighted by Crippen LogP contribution is -2.19. The molecule has 0 saturated carbocycles. The number of phenolic OH excluding ortho intramolecular Hbond substituents is 2. The van der Waals surface area contributed by atoms with Gasteiger partial charge in [0.05, 0.1) is 12.6 Å². The summed E-state index contributed by atoms with van der Waals surface area (Å²) in [5, 5.41) is 30.3. The van der Waals surface area contributed by atoms with E-state index in [1.165, 1.54) is 18.2 Å². The van der Waals surface area contributed by atoms with Crippen LogP contribution < -0.4 is 5.32 Å². The normalized spacial score (nSPS) is 12.8. The minimum atomic E-state index is -0.355. The van der Waals surface area contributed by atoms with E-state index in [1.54, 1.807) is 7.05 Å². The maximum absolute atomic E-state index is 9.41. The fourth-order valence-electron chi connectivity index (χ4n) is 1.17. The van der Waals surface area contributed by atoms with Crippen LogP contribution in [0.25, 0.3) is 0 Å². The monoisotopic (exact) mass is 183 g/mol. The van der Waals surface area contributed by atoms with Gasteiger partial charge >= 0.3 is 0 Å². The topological polar surface area (TPSA) is 72.7 Å². The Balaban J connectivity index is 3.03. The van der Waals surface area contributed by atoms with Crippen LogP contribution in [0.4, 0.5) is 0 Å². The number of rotatable bonds is 3. The van der Waals surface area contributed by atoms with Crippen LogP contribution in [-0.2, 0) is 0 Å². The molecule has 0 spiro atoms. The highest BCUT2D eigenvalue weighted by atomic mass is 16.3. The Labute approximate surface area is 76.5 Å². The molecular formula is C9H13NO3. The molecule has 0 radical (unpaired) electrons. The first-order chi connectivity index (χ1) is 6.19. The zero-order chi connectivity index (χ0) is 9.84. The Morgan fingerprint density at radius 1 is 1.38 bits per heavy atom. The molecule has 4 heteroatoms. The summed E-state index contributed by atoms with van der Waals surface area (Å²) < 4.78 is 0. The van der Waals surface area contributed by atoms with Crippen LogP contribution >= 0.6 is 0 Å². The smallest absolute Gasteiger partial charge is 0.120 e. The van der Waals surface area contributed by atoms with Crippen molar-refractivity contribution in [2.45, 2.75) is 6.04 Å². The molecule has 1 rings (SSSR count). The minimum absolute atomic E-state index is 0.0613. The number of aliphatic hydroxyl groups is 1. The second-order valence-electron chi connectivity index (χ2n) is 2.77. The van der Waals surface area contributed by atoms with E-state index >= 15 is 0 Å². The maximum atomic E-state index is 9.41. The molecule has 1 unspecified atom stereocenters. The number of benzene rings is 1. The number of aliphatic hydroxyl groups excluding tert-OH is 1. The predicted molar refractivity (Wildman–Crippen MR) is 48.7 cm³/mol. The number of hydrogen-bond donors (Lipinski definition) is 4. The van der Waals surface area contributed by atoms with Gasteiger partial charge < -0.3 is 20.6 Å². The Kier molecular flexibility index (Phi) is 3.11. The van der Waals surface area contributed by atoms with Gasteiger partial charge in [-0.15, -0.1) is 0 Å². The maximum Gasteiger partial charge on any atom is 0.120 e. The number of phenols is 2. The van der Waals surface area contributed by atoms with Crippen molar-refractivity contribution in [3.63, 3.8) is 0 Å². The molecule has 1 aromatic rings. The zero-order valence-electron chi connectivity index (χ0n) is 7.36. The van der Waals surface area contributed by atoms with Gasteiger partial charge in [0, 0.05) is 5.56 Å². The van der Waals surface area contributed by atoms with Gasteiger partial charge in [-0.25, -0.2) is 0 Å². The van der Waals surface area contributed by atoms with Gasteiger partial charge in [-0.3, -0.25) is 0 Å². The minimum Gasteiger partial charge on any atom is -0.508 e. The van der Waals surface area contributed by atoms with Gasteiger partial charge in [-0.05, 0) is 25.2 Å². The molecule has 0 aliphatic heterocycles. The van der Waals surface area contributed by atoms with Crippen LogP contribution in [0.5, 0.6) is 11.5 Å². The Morgan fingerprint density at radius 3 is 2.62 bits per heavy atom. The molecule has 0 amide bonds. The van der Waals surface area contributed by atoms with E-state index in [0.717, 1.165) is 0 Å². The number of hydrogen-bond acceptors (Lipinski definition) is 4. The molecule has 0 fully saturated rings. The SMILES string of the molecule is CNC(CO)c1cc(O)ccc1O. The van der Waals surface area contributed by atoms with Gasteiger partial charge in [0.2, 0.25) is 0 Å². The third-order valence-electron chi connectivity index (χ3n) is 1.92. The molecule has 0 aromatic heterocycles. The average molecular weight is 183 g/mol. The molecule has 0 heterocycles. The van der Waals surface area contributed by atoms with Gasteiger partial charge in [0.1, 0.15) is 11.5 Å². The lowest BCUT2D eigenvalue weighted by Gasteiger charge is -2.14. The second kappa shape index (κ2) is 4.11. The summed E-state index contributed by atoms with van der Waals surface area (Å²) in [7, 11) is 1.67. The first-order valence-electron chi connectivity index (χ1n) is 3.99. The summed E-state index contributed by atoms with van der Waals surface area (Å²) in [5.74, 6) is 0.132. The average Bonchev–Trinajstić information content (AvgIpc) is 2.13. The van der Waals surface area contributed by atoms with Gasteiger partial charge in [0.25, 0.3) is 0 Å². The van der Waals surface area contributed by atoms with Crippen LogP contribution in [0.2, 0.25) is 0 Å². The van der Waals surface area contributed by atoms with E-state index in [4.69, 9.17) is 10.2 Å². The molecule has 0 saturated heterocycles. The van der Waals surface area contributed by atoms with Crippen molar-refractivity contribution in [3.8, 4) is 11.5 Å². The molecule has 4 nitrogen and oxygen atoms in total. The fourth-order valence-corrected chi connectivity index (χ4v) is 1.17. The van der Waals surface area contributed by atoms with Gasteiger partial charge in [0.15, 0.2) is 0 Å². The van der Waals surface area contributed by atoms with Crippen LogP contribution in [0.3, 0.4) is 0 Å². The predicted octanol–water partition coefficient (Wildman–Crippen LogP) is 0.351. The van der Waals surface area contributed by atoms with Crippen molar-refractivity contribution in [2.24, 2.45) is 0 Å². The van der Waals surface area contributed by atoms with Crippen LogP contribution in [0, 0.1) is 0 Å². The van der Waals surface area contributed by atoms with Crippen LogP contribution in [0.1, 0.15) is 11.6 Å². The molecule has 1 atom stereocenters. The summed E-state index contributed by atoms with van der Waals surface area (Å²) in [6, 6.07) is 3.85. The van der Waals surface area contributed by atoms with Crippen molar-refractivity contribution in [1.82, 2.24) is 5.32 Å². The summed E-state index contributed by atoms with van der Waals surface area (Å²) >= 11 is 0. The number of aromatic hydroxyl groups is 2. The Bertz CT molecular complexity index is 284. The molecule has 4 N–H and O–H groups in total. The van der Waals surface area contributed by atoms with E-state index < -0.39 is 0 Å².